The van der Waals surface area contributed by atoms with Gasteiger partial charge in [-0.3, -0.25) is 9.59 Å². The lowest BCUT2D eigenvalue weighted by atomic mass is 9.98. The minimum Gasteiger partial charge on any atom is -0.483 e. The summed E-state index contributed by atoms with van der Waals surface area (Å²) in [7, 11) is 0. The summed E-state index contributed by atoms with van der Waals surface area (Å²) in [6, 6.07) is 0.999. The van der Waals surface area contributed by atoms with Crippen LogP contribution in [0.3, 0.4) is 0 Å². The van der Waals surface area contributed by atoms with Crippen LogP contribution in [0.25, 0.3) is 0 Å². The SMILES string of the molecule is NC(=O)c1cc(N2CCC[C@H]2C(N)=O)nc(C2C=CC(OC3CC(Cl)=CC=C3F)=CC2)n1. The standard InChI is InChI=1S/C22H23ClFN5O3/c23-13-5-8-15(24)18(10-13)32-14-6-3-12(4-7-14)22-27-16(20(25)30)11-19(28-22)29-9-1-2-17(29)21(26)31/h3,5-8,11-12,17-18H,1-2,4,9-10H2,(H2,25,30)(H2,26,31)/t12?,17-,18?/m0/s1. The molecule has 1 aromatic rings. The Bertz CT molecular complexity index is 1070. The zero-order valence-corrected chi connectivity index (χ0v) is 18.0. The van der Waals surface area contributed by atoms with Gasteiger partial charge in [0.2, 0.25) is 5.91 Å². The molecule has 0 bridgehead atoms. The van der Waals surface area contributed by atoms with Crippen LogP contribution in [0.4, 0.5) is 10.2 Å². The number of nitrogens with two attached hydrogens (primary N) is 2. The number of anilines is 1. The van der Waals surface area contributed by atoms with Gasteiger partial charge in [-0.15, -0.1) is 0 Å². The Morgan fingerprint density at radius 3 is 2.75 bits per heavy atom. The zero-order chi connectivity index (χ0) is 22.8. The van der Waals surface area contributed by atoms with Crippen molar-refractivity contribution in [1.29, 1.82) is 0 Å². The van der Waals surface area contributed by atoms with Gasteiger partial charge >= 0.3 is 0 Å². The molecule has 3 atom stereocenters. The summed E-state index contributed by atoms with van der Waals surface area (Å²) in [6.07, 6.45) is 9.57. The van der Waals surface area contributed by atoms with Crippen LogP contribution in [0.5, 0.6) is 0 Å². The third-order valence-electron chi connectivity index (χ3n) is 5.65. The first-order valence-electron chi connectivity index (χ1n) is 10.3. The normalized spacial score (nSPS) is 25.1. The van der Waals surface area contributed by atoms with Gasteiger partial charge in [-0.25, -0.2) is 14.4 Å². The first-order valence-corrected chi connectivity index (χ1v) is 10.7. The van der Waals surface area contributed by atoms with Crippen LogP contribution in [0.15, 0.2) is 53.1 Å². The predicted octanol–water partition coefficient (Wildman–Crippen LogP) is 2.72. The van der Waals surface area contributed by atoms with E-state index in [4.69, 9.17) is 27.8 Å². The Labute approximate surface area is 189 Å². The molecule has 2 unspecified atom stereocenters. The van der Waals surface area contributed by atoms with Crippen molar-refractivity contribution in [1.82, 2.24) is 9.97 Å². The topological polar surface area (TPSA) is 124 Å². The van der Waals surface area contributed by atoms with Crippen molar-refractivity contribution in [3.05, 3.63) is 64.6 Å². The number of rotatable bonds is 6. The van der Waals surface area contributed by atoms with Gasteiger partial charge in [-0.2, -0.15) is 0 Å². The highest BCUT2D eigenvalue weighted by molar-refractivity contribution is 6.29. The number of ether oxygens (including phenoxy) is 1. The second-order valence-corrected chi connectivity index (χ2v) is 8.36. The van der Waals surface area contributed by atoms with E-state index in [2.05, 4.69) is 9.97 Å². The zero-order valence-electron chi connectivity index (χ0n) is 17.2. The molecule has 4 rings (SSSR count). The third kappa shape index (κ3) is 4.67. The van der Waals surface area contributed by atoms with Gasteiger partial charge in [0.15, 0.2) is 6.10 Å². The van der Waals surface area contributed by atoms with Crippen molar-refractivity contribution >= 4 is 29.2 Å². The van der Waals surface area contributed by atoms with Crippen molar-refractivity contribution < 1.29 is 18.7 Å². The van der Waals surface area contributed by atoms with Crippen LogP contribution in [-0.2, 0) is 9.53 Å². The Kier molecular flexibility index (Phi) is 6.27. The van der Waals surface area contributed by atoms with E-state index in [0.717, 1.165) is 6.42 Å². The molecule has 10 heteroatoms. The molecule has 0 radical (unpaired) electrons. The highest BCUT2D eigenvalue weighted by atomic mass is 35.5. The summed E-state index contributed by atoms with van der Waals surface area (Å²) < 4.78 is 19.7. The molecule has 2 heterocycles. The lowest BCUT2D eigenvalue weighted by Crippen LogP contribution is -2.41. The first kappa shape index (κ1) is 22.0. The average molecular weight is 460 g/mol. The number of carbonyl (C=O) groups is 2. The van der Waals surface area contributed by atoms with Gasteiger partial charge < -0.3 is 21.1 Å². The second kappa shape index (κ2) is 9.12. The Morgan fingerprint density at radius 1 is 1.25 bits per heavy atom. The lowest BCUT2D eigenvalue weighted by molar-refractivity contribution is -0.119. The average Bonchev–Trinajstić information content (AvgIpc) is 3.27. The molecule has 0 spiro atoms. The maximum atomic E-state index is 14.0. The number of primary amides is 2. The maximum absolute atomic E-state index is 14.0. The van der Waals surface area contributed by atoms with Crippen LogP contribution >= 0.6 is 11.6 Å². The predicted molar refractivity (Wildman–Crippen MR) is 117 cm³/mol. The lowest BCUT2D eigenvalue weighted by Gasteiger charge is -2.25. The highest BCUT2D eigenvalue weighted by Crippen LogP contribution is 2.32. The molecule has 0 aromatic carbocycles. The van der Waals surface area contributed by atoms with Crippen molar-refractivity contribution in [3.63, 3.8) is 0 Å². The van der Waals surface area contributed by atoms with E-state index >= 15 is 0 Å². The van der Waals surface area contributed by atoms with Gasteiger partial charge in [-0.1, -0.05) is 17.7 Å². The van der Waals surface area contributed by atoms with Gasteiger partial charge in [0.1, 0.15) is 35.0 Å². The first-order chi connectivity index (χ1) is 15.3. The van der Waals surface area contributed by atoms with Crippen molar-refractivity contribution in [3.8, 4) is 0 Å². The summed E-state index contributed by atoms with van der Waals surface area (Å²) in [5.74, 6) is -0.403. The van der Waals surface area contributed by atoms with Crippen molar-refractivity contribution in [2.45, 2.75) is 43.7 Å². The van der Waals surface area contributed by atoms with Crippen molar-refractivity contribution in [2.75, 3.05) is 11.4 Å². The van der Waals surface area contributed by atoms with E-state index in [9.17, 15) is 14.0 Å². The molecule has 8 nitrogen and oxygen atoms in total. The summed E-state index contributed by atoms with van der Waals surface area (Å²) >= 11 is 5.98. The number of nitrogens with zero attached hydrogens (tertiary/aromatic N) is 3. The van der Waals surface area contributed by atoms with E-state index in [-0.39, 0.29) is 23.9 Å². The fraction of sp³-hybridized carbons (Fsp3) is 0.364. The molecule has 1 fully saturated rings. The smallest absolute Gasteiger partial charge is 0.267 e. The number of amides is 2. The Balaban J connectivity index is 1.53. The van der Waals surface area contributed by atoms with Crippen LogP contribution in [0, 0.1) is 0 Å². The van der Waals surface area contributed by atoms with Gasteiger partial charge in [0, 0.05) is 30.0 Å². The molecule has 2 amide bonds. The van der Waals surface area contributed by atoms with Gasteiger partial charge in [0.25, 0.3) is 5.91 Å². The molecule has 168 valence electrons. The van der Waals surface area contributed by atoms with E-state index in [1.54, 1.807) is 11.0 Å². The fourth-order valence-electron chi connectivity index (χ4n) is 3.99. The summed E-state index contributed by atoms with van der Waals surface area (Å²) in [5.41, 5.74) is 11.1. The van der Waals surface area contributed by atoms with Gasteiger partial charge in [-0.05, 0) is 43.6 Å². The van der Waals surface area contributed by atoms with Crippen molar-refractivity contribution in [2.24, 2.45) is 11.5 Å². The minimum atomic E-state index is -0.762. The number of hydrogen-bond donors (Lipinski definition) is 2. The molecule has 4 N–H and O–H groups in total. The Hall–Kier alpha value is -3.20. The quantitative estimate of drug-likeness (QED) is 0.673. The molecule has 1 aromatic heterocycles. The van der Waals surface area contributed by atoms with Crippen LogP contribution in [0.2, 0.25) is 0 Å². The third-order valence-corrected chi connectivity index (χ3v) is 5.93. The second-order valence-electron chi connectivity index (χ2n) is 7.87. The van der Waals surface area contributed by atoms with E-state index in [1.807, 2.05) is 12.2 Å². The molecule has 3 aliphatic rings. The molecule has 2 aliphatic carbocycles. The summed E-state index contributed by atoms with van der Waals surface area (Å²) in [5, 5.41) is 0.523. The number of hydrogen-bond acceptors (Lipinski definition) is 6. The fourth-order valence-corrected chi connectivity index (χ4v) is 4.19. The maximum Gasteiger partial charge on any atom is 0.267 e. The minimum absolute atomic E-state index is 0.0652. The molecular weight excluding hydrogens is 437 g/mol. The van der Waals surface area contributed by atoms with E-state index in [1.165, 1.54) is 18.2 Å². The molecule has 1 saturated heterocycles. The highest BCUT2D eigenvalue weighted by Gasteiger charge is 2.31. The van der Waals surface area contributed by atoms with Gasteiger partial charge in [0.05, 0.1) is 0 Å². The molecule has 32 heavy (non-hydrogen) atoms. The number of aromatic nitrogens is 2. The van der Waals surface area contributed by atoms with E-state index < -0.39 is 24.0 Å². The largest absolute Gasteiger partial charge is 0.483 e. The van der Waals surface area contributed by atoms with E-state index in [0.29, 0.717) is 41.8 Å². The van der Waals surface area contributed by atoms with Crippen LogP contribution in [0.1, 0.15) is 47.9 Å². The molecular formula is C22H23ClFN5O3. The van der Waals surface area contributed by atoms with Crippen LogP contribution in [-0.4, -0.2) is 40.5 Å². The molecule has 1 aliphatic heterocycles. The number of allylic oxidation sites excluding steroid dienone is 5. The summed E-state index contributed by atoms with van der Waals surface area (Å²) in [6.45, 7) is 0.595. The monoisotopic (exact) mass is 459 g/mol. The Morgan fingerprint density at radius 2 is 2.06 bits per heavy atom. The summed E-state index contributed by atoms with van der Waals surface area (Å²) in [4.78, 5) is 34.4. The number of carbonyl (C=O) groups excluding carboxylic acids is 2. The number of halogens is 2. The molecule has 0 saturated carbocycles. The van der Waals surface area contributed by atoms with Crippen LogP contribution < -0.4 is 16.4 Å².